The molecule has 0 saturated carbocycles. The molecule has 0 spiro atoms. The molecule has 7 nitrogen and oxygen atoms in total. The standard InChI is InChI=1S/C23H28ClN5O2/c1-5-20(21-26-19-12-7-6-11-18(19)22(30)28(21)4)29(14-13-27(2)3)23(31)25-17-10-8-9-16(24)15-17/h6-12,15,20H,5,13-14H2,1-4H3,(H,25,31). The van der Waals surface area contributed by atoms with Gasteiger partial charge in [-0.25, -0.2) is 9.78 Å². The first-order chi connectivity index (χ1) is 14.8. The molecular formula is C23H28ClN5O2. The monoisotopic (exact) mass is 441 g/mol. The number of rotatable bonds is 7. The van der Waals surface area contributed by atoms with E-state index in [0.717, 1.165) is 0 Å². The number of amides is 2. The zero-order valence-corrected chi connectivity index (χ0v) is 19.1. The Bertz CT molecular complexity index is 1130. The molecule has 1 atom stereocenters. The lowest BCUT2D eigenvalue weighted by Crippen LogP contribution is -2.43. The fourth-order valence-corrected chi connectivity index (χ4v) is 3.73. The second-order valence-electron chi connectivity index (χ2n) is 7.71. The molecular weight excluding hydrogens is 414 g/mol. The number of urea groups is 1. The first-order valence-corrected chi connectivity index (χ1v) is 10.6. The summed E-state index contributed by atoms with van der Waals surface area (Å²) in [4.78, 5) is 34.8. The third-order valence-corrected chi connectivity index (χ3v) is 5.44. The second kappa shape index (κ2) is 9.94. The number of para-hydroxylation sites is 1. The number of carbonyl (C=O) groups excluding carboxylic acids is 1. The number of halogens is 1. The van der Waals surface area contributed by atoms with Crippen molar-refractivity contribution in [1.82, 2.24) is 19.4 Å². The van der Waals surface area contributed by atoms with Crippen molar-refractivity contribution in [1.29, 1.82) is 0 Å². The summed E-state index contributed by atoms with van der Waals surface area (Å²) in [6, 6.07) is 13.7. The van der Waals surface area contributed by atoms with Crippen LogP contribution >= 0.6 is 11.6 Å². The molecule has 0 aliphatic heterocycles. The Labute approximate surface area is 187 Å². The topological polar surface area (TPSA) is 70.5 Å². The van der Waals surface area contributed by atoms with E-state index in [4.69, 9.17) is 16.6 Å². The van der Waals surface area contributed by atoms with E-state index in [9.17, 15) is 9.59 Å². The lowest BCUT2D eigenvalue weighted by molar-refractivity contribution is 0.172. The molecule has 3 rings (SSSR count). The van der Waals surface area contributed by atoms with Gasteiger partial charge in [0.2, 0.25) is 0 Å². The Kier molecular flexibility index (Phi) is 7.30. The number of carbonyl (C=O) groups is 1. The van der Waals surface area contributed by atoms with Crippen LogP contribution in [-0.4, -0.2) is 52.6 Å². The Morgan fingerprint density at radius 3 is 2.58 bits per heavy atom. The Hall–Kier alpha value is -2.90. The van der Waals surface area contributed by atoms with Gasteiger partial charge in [-0.1, -0.05) is 36.7 Å². The minimum Gasteiger partial charge on any atom is -0.313 e. The fraction of sp³-hybridized carbons (Fsp3) is 0.348. The molecule has 2 aromatic carbocycles. The summed E-state index contributed by atoms with van der Waals surface area (Å²) in [6.45, 7) is 3.13. The van der Waals surface area contributed by atoms with Gasteiger partial charge in [0.1, 0.15) is 5.82 Å². The maximum Gasteiger partial charge on any atom is 0.322 e. The minimum absolute atomic E-state index is 0.123. The lowest BCUT2D eigenvalue weighted by atomic mass is 10.1. The van der Waals surface area contributed by atoms with E-state index in [2.05, 4.69) is 5.32 Å². The van der Waals surface area contributed by atoms with Gasteiger partial charge in [0.05, 0.1) is 16.9 Å². The molecule has 0 radical (unpaired) electrons. The van der Waals surface area contributed by atoms with Crippen LogP contribution in [0.1, 0.15) is 25.2 Å². The van der Waals surface area contributed by atoms with Gasteiger partial charge in [-0.05, 0) is 50.8 Å². The van der Waals surface area contributed by atoms with Gasteiger partial charge >= 0.3 is 6.03 Å². The van der Waals surface area contributed by atoms with Crippen LogP contribution in [0.5, 0.6) is 0 Å². The average Bonchev–Trinajstić information content (AvgIpc) is 2.74. The Balaban J connectivity index is 2.02. The van der Waals surface area contributed by atoms with Crippen molar-refractivity contribution in [2.75, 3.05) is 32.5 Å². The van der Waals surface area contributed by atoms with Crippen molar-refractivity contribution in [3.05, 3.63) is 69.7 Å². The van der Waals surface area contributed by atoms with Gasteiger partial charge in [0, 0.05) is 30.8 Å². The predicted molar refractivity (Wildman–Crippen MR) is 126 cm³/mol. The number of fused-ring (bicyclic) bond motifs is 1. The molecule has 0 aliphatic rings. The van der Waals surface area contributed by atoms with E-state index in [1.54, 1.807) is 46.8 Å². The molecule has 31 heavy (non-hydrogen) atoms. The summed E-state index contributed by atoms with van der Waals surface area (Å²) < 4.78 is 1.55. The van der Waals surface area contributed by atoms with Crippen molar-refractivity contribution in [2.45, 2.75) is 19.4 Å². The molecule has 0 fully saturated rings. The van der Waals surface area contributed by atoms with E-state index in [-0.39, 0.29) is 17.6 Å². The van der Waals surface area contributed by atoms with Crippen LogP contribution in [-0.2, 0) is 7.05 Å². The SMILES string of the molecule is CCC(c1nc2ccccc2c(=O)n1C)N(CCN(C)C)C(=O)Nc1cccc(Cl)c1. The molecule has 1 aromatic heterocycles. The molecule has 1 unspecified atom stereocenters. The fourth-order valence-electron chi connectivity index (χ4n) is 3.54. The van der Waals surface area contributed by atoms with Gasteiger partial charge in [0.25, 0.3) is 5.56 Å². The zero-order chi connectivity index (χ0) is 22.5. The molecule has 3 aromatic rings. The Morgan fingerprint density at radius 2 is 1.90 bits per heavy atom. The van der Waals surface area contributed by atoms with Gasteiger partial charge < -0.3 is 15.1 Å². The number of aromatic nitrogens is 2. The van der Waals surface area contributed by atoms with Gasteiger partial charge in [-0.15, -0.1) is 0 Å². The molecule has 2 amide bonds. The number of nitrogens with one attached hydrogen (secondary N) is 1. The first kappa shape index (κ1) is 22.8. The van der Waals surface area contributed by atoms with Crippen LogP contribution in [0.3, 0.4) is 0 Å². The van der Waals surface area contributed by atoms with E-state index < -0.39 is 0 Å². The summed E-state index contributed by atoms with van der Waals surface area (Å²) in [5.74, 6) is 0.561. The summed E-state index contributed by atoms with van der Waals surface area (Å²) in [6.07, 6.45) is 0.606. The number of nitrogens with zero attached hydrogens (tertiary/aromatic N) is 4. The van der Waals surface area contributed by atoms with Crippen molar-refractivity contribution in [2.24, 2.45) is 7.05 Å². The van der Waals surface area contributed by atoms with Gasteiger partial charge in [0.15, 0.2) is 0 Å². The van der Waals surface area contributed by atoms with Gasteiger partial charge in [-0.3, -0.25) is 9.36 Å². The zero-order valence-electron chi connectivity index (χ0n) is 18.3. The molecule has 164 valence electrons. The first-order valence-electron chi connectivity index (χ1n) is 10.3. The predicted octanol–water partition coefficient (Wildman–Crippen LogP) is 4.13. The largest absolute Gasteiger partial charge is 0.322 e. The number of hydrogen-bond donors (Lipinski definition) is 1. The average molecular weight is 442 g/mol. The van der Waals surface area contributed by atoms with E-state index in [1.807, 2.05) is 44.1 Å². The van der Waals surface area contributed by atoms with Crippen LogP contribution in [0, 0.1) is 0 Å². The molecule has 0 aliphatic carbocycles. The van der Waals surface area contributed by atoms with Crippen molar-refractivity contribution in [3.8, 4) is 0 Å². The van der Waals surface area contributed by atoms with Crippen LogP contribution < -0.4 is 10.9 Å². The van der Waals surface area contributed by atoms with E-state index in [1.165, 1.54) is 0 Å². The molecule has 0 bridgehead atoms. The van der Waals surface area contributed by atoms with Crippen molar-refractivity contribution in [3.63, 3.8) is 0 Å². The smallest absolute Gasteiger partial charge is 0.313 e. The van der Waals surface area contributed by atoms with Crippen molar-refractivity contribution < 1.29 is 4.79 Å². The molecule has 8 heteroatoms. The minimum atomic E-state index is -0.374. The van der Waals surface area contributed by atoms with Crippen LogP contribution in [0.2, 0.25) is 5.02 Å². The highest BCUT2D eigenvalue weighted by atomic mass is 35.5. The maximum absolute atomic E-state index is 13.3. The molecule has 0 saturated heterocycles. The van der Waals surface area contributed by atoms with Gasteiger partial charge in [-0.2, -0.15) is 0 Å². The maximum atomic E-state index is 13.3. The molecule has 1 N–H and O–H groups in total. The third kappa shape index (κ3) is 5.24. The third-order valence-electron chi connectivity index (χ3n) is 5.20. The number of hydrogen-bond acceptors (Lipinski definition) is 4. The van der Waals surface area contributed by atoms with E-state index >= 15 is 0 Å². The summed E-state index contributed by atoms with van der Waals surface area (Å²) in [5.41, 5.74) is 1.12. The second-order valence-corrected chi connectivity index (χ2v) is 8.15. The number of benzene rings is 2. The highest BCUT2D eigenvalue weighted by molar-refractivity contribution is 6.30. The highest BCUT2D eigenvalue weighted by Gasteiger charge is 2.28. The number of anilines is 1. The van der Waals surface area contributed by atoms with Crippen molar-refractivity contribution >= 4 is 34.2 Å². The molecule has 1 heterocycles. The Morgan fingerprint density at radius 1 is 1.16 bits per heavy atom. The van der Waals surface area contributed by atoms with Crippen LogP contribution in [0.15, 0.2) is 53.3 Å². The summed E-state index contributed by atoms with van der Waals surface area (Å²) >= 11 is 6.07. The van der Waals surface area contributed by atoms with Crippen LogP contribution in [0.25, 0.3) is 10.9 Å². The lowest BCUT2D eigenvalue weighted by Gasteiger charge is -2.32. The number of likely N-dealkylation sites (N-methyl/N-ethyl adjacent to an activating group) is 1. The normalized spacial score (nSPS) is 12.2. The highest BCUT2D eigenvalue weighted by Crippen LogP contribution is 2.25. The quantitative estimate of drug-likeness (QED) is 0.598. The summed E-state index contributed by atoms with van der Waals surface area (Å²) in [7, 11) is 5.62. The van der Waals surface area contributed by atoms with Crippen LogP contribution in [0.4, 0.5) is 10.5 Å². The van der Waals surface area contributed by atoms with E-state index in [0.29, 0.717) is 46.9 Å². The summed E-state index contributed by atoms with van der Waals surface area (Å²) in [5, 5.41) is 4.04.